The minimum atomic E-state index is -0.553. The van der Waals surface area contributed by atoms with Crippen LogP contribution in [0.3, 0.4) is 0 Å². The molecule has 0 saturated carbocycles. The molecule has 2 rings (SSSR count). The SMILES string of the molecule is Cc1ccsc1/C=N/NC(=O)CNC(=O)c1ccc([N+](=O)[O-])cc1. The van der Waals surface area contributed by atoms with E-state index in [9.17, 15) is 19.7 Å². The van der Waals surface area contributed by atoms with Gasteiger partial charge in [0.05, 0.1) is 17.7 Å². The number of carbonyl (C=O) groups excluding carboxylic acids is 2. The van der Waals surface area contributed by atoms with Gasteiger partial charge in [-0.15, -0.1) is 11.3 Å². The Hall–Kier alpha value is -3.07. The van der Waals surface area contributed by atoms with Crippen LogP contribution >= 0.6 is 11.3 Å². The molecule has 24 heavy (non-hydrogen) atoms. The first-order valence-electron chi connectivity index (χ1n) is 6.86. The van der Waals surface area contributed by atoms with Crippen LogP contribution in [0.4, 0.5) is 5.69 Å². The fourth-order valence-corrected chi connectivity index (χ4v) is 2.50. The number of hydrazone groups is 1. The molecule has 2 N–H and O–H groups in total. The summed E-state index contributed by atoms with van der Waals surface area (Å²) in [6.45, 7) is 1.68. The summed E-state index contributed by atoms with van der Waals surface area (Å²) in [5, 5.41) is 18.7. The number of nitrogens with zero attached hydrogens (tertiary/aromatic N) is 2. The number of nitro groups is 1. The van der Waals surface area contributed by atoms with Crippen LogP contribution in [0, 0.1) is 17.0 Å². The van der Waals surface area contributed by atoms with Crippen molar-refractivity contribution in [2.75, 3.05) is 6.54 Å². The summed E-state index contributed by atoms with van der Waals surface area (Å²) in [4.78, 5) is 34.4. The average molecular weight is 346 g/mol. The van der Waals surface area contributed by atoms with Gasteiger partial charge in [-0.05, 0) is 36.1 Å². The second-order valence-electron chi connectivity index (χ2n) is 4.75. The van der Waals surface area contributed by atoms with E-state index in [1.807, 2.05) is 18.4 Å². The molecule has 0 spiro atoms. The van der Waals surface area contributed by atoms with Gasteiger partial charge in [-0.3, -0.25) is 19.7 Å². The lowest BCUT2D eigenvalue weighted by atomic mass is 10.2. The molecule has 0 bridgehead atoms. The van der Waals surface area contributed by atoms with E-state index >= 15 is 0 Å². The molecule has 0 aliphatic carbocycles. The van der Waals surface area contributed by atoms with Crippen molar-refractivity contribution in [1.82, 2.24) is 10.7 Å². The number of carbonyl (C=O) groups is 2. The smallest absolute Gasteiger partial charge is 0.269 e. The van der Waals surface area contributed by atoms with Gasteiger partial charge in [-0.25, -0.2) is 5.43 Å². The van der Waals surface area contributed by atoms with E-state index in [0.717, 1.165) is 10.4 Å². The molecule has 2 amide bonds. The third kappa shape index (κ3) is 4.71. The van der Waals surface area contributed by atoms with Crippen LogP contribution in [-0.4, -0.2) is 29.5 Å². The number of thiophene rings is 1. The highest BCUT2D eigenvalue weighted by Gasteiger charge is 2.10. The van der Waals surface area contributed by atoms with E-state index in [1.54, 1.807) is 0 Å². The van der Waals surface area contributed by atoms with Gasteiger partial charge < -0.3 is 5.32 Å². The monoisotopic (exact) mass is 346 g/mol. The summed E-state index contributed by atoms with van der Waals surface area (Å²) in [6.07, 6.45) is 1.54. The van der Waals surface area contributed by atoms with Crippen LogP contribution in [0.2, 0.25) is 0 Å². The predicted octanol–water partition coefficient (Wildman–Crippen LogP) is 1.84. The van der Waals surface area contributed by atoms with Gasteiger partial charge >= 0.3 is 0 Å². The molecule has 1 aromatic heterocycles. The zero-order chi connectivity index (χ0) is 17.5. The van der Waals surface area contributed by atoms with Crippen LogP contribution in [0.15, 0.2) is 40.8 Å². The molecule has 2 aromatic rings. The number of hydrogen-bond donors (Lipinski definition) is 2. The molecule has 124 valence electrons. The van der Waals surface area contributed by atoms with E-state index in [2.05, 4.69) is 15.8 Å². The third-order valence-corrected chi connectivity index (χ3v) is 3.98. The lowest BCUT2D eigenvalue weighted by Crippen LogP contribution is -2.34. The second kappa shape index (κ2) is 7.97. The zero-order valence-electron chi connectivity index (χ0n) is 12.7. The highest BCUT2D eigenvalue weighted by molar-refractivity contribution is 7.11. The predicted molar refractivity (Wildman–Crippen MR) is 90.2 cm³/mol. The van der Waals surface area contributed by atoms with E-state index in [1.165, 1.54) is 41.8 Å². The van der Waals surface area contributed by atoms with Gasteiger partial charge in [0.1, 0.15) is 0 Å². The van der Waals surface area contributed by atoms with Crippen molar-refractivity contribution in [3.05, 3.63) is 61.8 Å². The molecule has 9 heteroatoms. The summed E-state index contributed by atoms with van der Waals surface area (Å²) in [5.74, 6) is -0.978. The Bertz CT molecular complexity index is 783. The molecular formula is C15H14N4O4S. The molecule has 8 nitrogen and oxygen atoms in total. The number of nitro benzene ring substituents is 1. The van der Waals surface area contributed by atoms with Gasteiger partial charge in [0.25, 0.3) is 17.5 Å². The summed E-state index contributed by atoms with van der Waals surface area (Å²) >= 11 is 1.50. The standard InChI is InChI=1S/C15H14N4O4S/c1-10-6-7-24-13(10)8-17-18-14(20)9-16-15(21)11-2-4-12(5-3-11)19(22)23/h2-8H,9H2,1H3,(H,16,21)(H,18,20)/b17-8+. The Morgan fingerprint density at radius 3 is 2.58 bits per heavy atom. The van der Waals surface area contributed by atoms with E-state index in [4.69, 9.17) is 0 Å². The number of hydrogen-bond acceptors (Lipinski definition) is 6. The van der Waals surface area contributed by atoms with E-state index < -0.39 is 16.7 Å². The first kappa shape index (κ1) is 17.3. The van der Waals surface area contributed by atoms with Crippen LogP contribution < -0.4 is 10.7 Å². The molecule has 1 aromatic carbocycles. The average Bonchev–Trinajstić information content (AvgIpc) is 2.98. The number of non-ortho nitro benzene ring substituents is 1. The summed E-state index contributed by atoms with van der Waals surface area (Å²) in [7, 11) is 0. The highest BCUT2D eigenvalue weighted by Crippen LogP contribution is 2.12. The lowest BCUT2D eigenvalue weighted by Gasteiger charge is -2.04. The van der Waals surface area contributed by atoms with E-state index in [0.29, 0.717) is 0 Å². The number of amides is 2. The van der Waals surface area contributed by atoms with Gasteiger partial charge in [-0.1, -0.05) is 0 Å². The maximum absolute atomic E-state index is 11.8. The first-order chi connectivity index (χ1) is 11.5. The number of rotatable bonds is 6. The van der Waals surface area contributed by atoms with Gasteiger partial charge in [0.2, 0.25) is 0 Å². The number of benzene rings is 1. The molecule has 1 heterocycles. The van der Waals surface area contributed by atoms with Crippen molar-refractivity contribution >= 4 is 35.1 Å². The van der Waals surface area contributed by atoms with Crippen molar-refractivity contribution in [3.8, 4) is 0 Å². The molecule has 0 aliphatic rings. The molecule has 0 saturated heterocycles. The fourth-order valence-electron chi connectivity index (χ4n) is 1.72. The van der Waals surface area contributed by atoms with Crippen LogP contribution in [-0.2, 0) is 4.79 Å². The maximum atomic E-state index is 11.8. The Kier molecular flexibility index (Phi) is 5.74. The van der Waals surface area contributed by atoms with Gasteiger partial charge in [0, 0.05) is 22.6 Å². The summed E-state index contributed by atoms with van der Waals surface area (Å²) in [6, 6.07) is 7.04. The Morgan fingerprint density at radius 1 is 1.29 bits per heavy atom. The zero-order valence-corrected chi connectivity index (χ0v) is 13.5. The first-order valence-corrected chi connectivity index (χ1v) is 7.74. The number of nitrogens with one attached hydrogen (secondary N) is 2. The normalized spacial score (nSPS) is 10.5. The largest absolute Gasteiger partial charge is 0.343 e. The maximum Gasteiger partial charge on any atom is 0.269 e. The number of aryl methyl sites for hydroxylation is 1. The molecule has 0 atom stereocenters. The molecule has 0 fully saturated rings. The fraction of sp³-hybridized carbons (Fsp3) is 0.133. The van der Waals surface area contributed by atoms with Crippen molar-refractivity contribution in [3.63, 3.8) is 0 Å². The van der Waals surface area contributed by atoms with Crippen molar-refractivity contribution in [2.24, 2.45) is 5.10 Å². The third-order valence-electron chi connectivity index (χ3n) is 3.02. The molecule has 0 aliphatic heterocycles. The Morgan fingerprint density at radius 2 is 2.00 bits per heavy atom. The quantitative estimate of drug-likeness (QED) is 0.472. The van der Waals surface area contributed by atoms with E-state index in [-0.39, 0.29) is 17.8 Å². The molecule has 0 radical (unpaired) electrons. The van der Waals surface area contributed by atoms with Crippen LogP contribution in [0.1, 0.15) is 20.8 Å². The van der Waals surface area contributed by atoms with Gasteiger partial charge in [-0.2, -0.15) is 5.10 Å². The van der Waals surface area contributed by atoms with Crippen molar-refractivity contribution < 1.29 is 14.5 Å². The summed E-state index contributed by atoms with van der Waals surface area (Å²) < 4.78 is 0. The molecular weight excluding hydrogens is 332 g/mol. The highest BCUT2D eigenvalue weighted by atomic mass is 32.1. The molecule has 0 unspecified atom stereocenters. The van der Waals surface area contributed by atoms with Gasteiger partial charge in [0.15, 0.2) is 0 Å². The van der Waals surface area contributed by atoms with Crippen LogP contribution in [0.5, 0.6) is 0 Å². The minimum Gasteiger partial charge on any atom is -0.343 e. The van der Waals surface area contributed by atoms with Crippen molar-refractivity contribution in [1.29, 1.82) is 0 Å². The minimum absolute atomic E-state index is 0.109. The second-order valence-corrected chi connectivity index (χ2v) is 5.70. The summed E-state index contributed by atoms with van der Waals surface area (Å²) in [5.41, 5.74) is 3.49. The topological polar surface area (TPSA) is 114 Å². The lowest BCUT2D eigenvalue weighted by molar-refractivity contribution is -0.384. The van der Waals surface area contributed by atoms with Crippen molar-refractivity contribution in [2.45, 2.75) is 6.92 Å². The van der Waals surface area contributed by atoms with Crippen LogP contribution in [0.25, 0.3) is 0 Å². The Balaban J connectivity index is 1.80. The Labute approximate surface area is 141 Å².